The molecule has 0 saturated heterocycles. The van der Waals surface area contributed by atoms with Gasteiger partial charge in [0.25, 0.3) is 0 Å². The monoisotopic (exact) mass is 189 g/mol. The van der Waals surface area contributed by atoms with Crippen LogP contribution < -0.4 is 4.72 Å². The predicted molar refractivity (Wildman–Crippen MR) is 50.1 cm³/mol. The first-order chi connectivity index (χ1) is 5.17. The van der Waals surface area contributed by atoms with Crippen LogP contribution in [0.5, 0.6) is 0 Å². The summed E-state index contributed by atoms with van der Waals surface area (Å²) in [6.45, 7) is 5.65. The van der Waals surface area contributed by atoms with Crippen molar-refractivity contribution in [1.82, 2.24) is 4.72 Å². The summed E-state index contributed by atoms with van der Waals surface area (Å²) in [5.74, 6) is 2.41. The van der Waals surface area contributed by atoms with E-state index in [2.05, 4.69) is 10.6 Å². The average Bonchev–Trinajstić information content (AvgIpc) is 1.78. The minimum Gasteiger partial charge on any atom is -0.213 e. The Morgan fingerprint density at radius 2 is 1.83 bits per heavy atom. The molecule has 1 N–H and O–H groups in total. The highest BCUT2D eigenvalue weighted by Crippen LogP contribution is 2.18. The van der Waals surface area contributed by atoms with Crippen molar-refractivity contribution in [2.24, 2.45) is 5.41 Å². The molecule has 0 amide bonds. The van der Waals surface area contributed by atoms with Gasteiger partial charge in [0.1, 0.15) is 0 Å². The van der Waals surface area contributed by atoms with Crippen LogP contribution in [-0.4, -0.2) is 20.7 Å². The summed E-state index contributed by atoms with van der Waals surface area (Å²) >= 11 is 0. The molecule has 0 aromatic carbocycles. The van der Waals surface area contributed by atoms with Crippen LogP contribution in [0.25, 0.3) is 0 Å². The molecule has 0 spiro atoms. The Hall–Kier alpha value is -0.530. The summed E-state index contributed by atoms with van der Waals surface area (Å²) in [4.78, 5) is 0. The number of hydrogen-bond donors (Lipinski definition) is 1. The molecule has 0 rings (SSSR count). The molecule has 0 saturated carbocycles. The van der Waals surface area contributed by atoms with E-state index in [9.17, 15) is 8.42 Å². The van der Waals surface area contributed by atoms with Crippen LogP contribution in [0.2, 0.25) is 0 Å². The van der Waals surface area contributed by atoms with Gasteiger partial charge in [0.2, 0.25) is 10.0 Å². The third kappa shape index (κ3) is 4.37. The number of terminal acetylenes is 1. The SMILES string of the molecule is C#CC(NS(C)(=O)=O)C(C)(C)C. The number of sulfonamides is 1. The molecule has 0 radical (unpaired) electrons. The molecule has 0 aliphatic carbocycles. The predicted octanol–water partition coefficient (Wildman–Crippen LogP) is 0.583. The number of nitrogens with one attached hydrogen (secondary N) is 1. The molecule has 0 fully saturated rings. The zero-order chi connectivity index (χ0) is 9.99. The first-order valence-corrected chi connectivity index (χ1v) is 5.49. The van der Waals surface area contributed by atoms with E-state index in [1.807, 2.05) is 20.8 Å². The third-order valence-corrected chi connectivity index (χ3v) is 2.03. The van der Waals surface area contributed by atoms with Gasteiger partial charge in [-0.25, -0.2) is 13.1 Å². The van der Waals surface area contributed by atoms with Crippen molar-refractivity contribution < 1.29 is 8.42 Å². The standard InChI is InChI=1S/C8H15NO2S/c1-6-7(8(2,3)4)9-12(5,10)11/h1,7,9H,2-5H3. The summed E-state index contributed by atoms with van der Waals surface area (Å²) in [5, 5.41) is 0. The van der Waals surface area contributed by atoms with Crippen molar-refractivity contribution in [3.8, 4) is 12.3 Å². The van der Waals surface area contributed by atoms with Gasteiger partial charge in [0.05, 0.1) is 12.3 Å². The second-order valence-electron chi connectivity index (χ2n) is 3.86. The first kappa shape index (κ1) is 11.5. The lowest BCUT2D eigenvalue weighted by molar-refractivity contribution is 0.353. The van der Waals surface area contributed by atoms with Crippen molar-refractivity contribution in [1.29, 1.82) is 0 Å². The largest absolute Gasteiger partial charge is 0.213 e. The van der Waals surface area contributed by atoms with Crippen LogP contribution in [-0.2, 0) is 10.0 Å². The van der Waals surface area contributed by atoms with E-state index in [4.69, 9.17) is 6.42 Å². The molecule has 1 atom stereocenters. The van der Waals surface area contributed by atoms with Crippen LogP contribution in [0, 0.1) is 17.8 Å². The molecule has 0 aliphatic rings. The maximum absolute atomic E-state index is 10.8. The Kier molecular flexibility index (Phi) is 3.31. The summed E-state index contributed by atoms with van der Waals surface area (Å²) in [6.07, 6.45) is 6.29. The smallest absolute Gasteiger partial charge is 0.209 e. The van der Waals surface area contributed by atoms with Crippen LogP contribution in [0.4, 0.5) is 0 Å². The molecular formula is C8H15NO2S. The highest BCUT2D eigenvalue weighted by Gasteiger charge is 2.24. The fraction of sp³-hybridized carbons (Fsp3) is 0.750. The quantitative estimate of drug-likeness (QED) is 0.646. The summed E-state index contributed by atoms with van der Waals surface area (Å²) in [7, 11) is -3.21. The minimum absolute atomic E-state index is 0.252. The Morgan fingerprint density at radius 1 is 1.42 bits per heavy atom. The molecule has 0 aliphatic heterocycles. The second kappa shape index (κ2) is 3.46. The minimum atomic E-state index is -3.21. The molecule has 70 valence electrons. The summed E-state index contributed by atoms with van der Waals surface area (Å²) in [5.41, 5.74) is -0.252. The van der Waals surface area contributed by atoms with Gasteiger partial charge in [-0.05, 0) is 5.41 Å². The third-order valence-electron chi connectivity index (χ3n) is 1.36. The van der Waals surface area contributed by atoms with E-state index in [1.54, 1.807) is 0 Å². The maximum Gasteiger partial charge on any atom is 0.209 e. The van der Waals surface area contributed by atoms with Gasteiger partial charge in [-0.2, -0.15) is 0 Å². The van der Waals surface area contributed by atoms with Gasteiger partial charge in [0, 0.05) is 0 Å². The van der Waals surface area contributed by atoms with Crippen molar-refractivity contribution in [3.63, 3.8) is 0 Å². The lowest BCUT2D eigenvalue weighted by Gasteiger charge is -2.25. The topological polar surface area (TPSA) is 46.2 Å². The zero-order valence-electron chi connectivity index (χ0n) is 7.88. The molecule has 0 aromatic heterocycles. The summed E-state index contributed by atoms with van der Waals surface area (Å²) in [6, 6.07) is -0.451. The average molecular weight is 189 g/mol. The van der Waals surface area contributed by atoms with Gasteiger partial charge in [-0.1, -0.05) is 26.7 Å². The Labute approximate surface area is 74.6 Å². The van der Waals surface area contributed by atoms with Crippen molar-refractivity contribution in [3.05, 3.63) is 0 Å². The normalized spacial score (nSPS) is 15.2. The zero-order valence-corrected chi connectivity index (χ0v) is 8.70. The fourth-order valence-corrected chi connectivity index (χ4v) is 1.52. The Morgan fingerprint density at radius 3 is 1.92 bits per heavy atom. The van der Waals surface area contributed by atoms with Crippen LogP contribution >= 0.6 is 0 Å². The molecule has 0 heterocycles. The second-order valence-corrected chi connectivity index (χ2v) is 5.64. The Bertz CT molecular complexity index is 279. The highest BCUT2D eigenvalue weighted by molar-refractivity contribution is 7.88. The molecule has 1 unspecified atom stereocenters. The number of rotatable bonds is 2. The van der Waals surface area contributed by atoms with Crippen LogP contribution in [0.3, 0.4) is 0 Å². The fourth-order valence-electron chi connectivity index (χ4n) is 0.675. The maximum atomic E-state index is 10.8. The van der Waals surface area contributed by atoms with E-state index >= 15 is 0 Å². The van der Waals surface area contributed by atoms with Gasteiger partial charge in [-0.3, -0.25) is 0 Å². The molecule has 3 nitrogen and oxygen atoms in total. The molecule has 0 aromatic rings. The van der Waals surface area contributed by atoms with Crippen molar-refractivity contribution in [2.45, 2.75) is 26.8 Å². The molecule has 0 bridgehead atoms. The van der Waals surface area contributed by atoms with Gasteiger partial charge in [0.15, 0.2) is 0 Å². The lowest BCUT2D eigenvalue weighted by Crippen LogP contribution is -2.42. The van der Waals surface area contributed by atoms with E-state index in [1.165, 1.54) is 0 Å². The van der Waals surface area contributed by atoms with E-state index < -0.39 is 16.1 Å². The van der Waals surface area contributed by atoms with Gasteiger partial charge in [-0.15, -0.1) is 6.42 Å². The van der Waals surface area contributed by atoms with Crippen molar-refractivity contribution >= 4 is 10.0 Å². The first-order valence-electron chi connectivity index (χ1n) is 3.60. The van der Waals surface area contributed by atoms with E-state index in [0.717, 1.165) is 6.26 Å². The van der Waals surface area contributed by atoms with E-state index in [0.29, 0.717) is 0 Å². The molecule has 12 heavy (non-hydrogen) atoms. The Balaban J connectivity index is 4.55. The van der Waals surface area contributed by atoms with E-state index in [-0.39, 0.29) is 5.41 Å². The molecule has 4 heteroatoms. The van der Waals surface area contributed by atoms with Crippen LogP contribution in [0.1, 0.15) is 20.8 Å². The molecular weight excluding hydrogens is 174 g/mol. The van der Waals surface area contributed by atoms with Crippen LogP contribution in [0.15, 0.2) is 0 Å². The van der Waals surface area contributed by atoms with Gasteiger partial charge >= 0.3 is 0 Å². The summed E-state index contributed by atoms with van der Waals surface area (Å²) < 4.78 is 24.1. The van der Waals surface area contributed by atoms with Crippen molar-refractivity contribution in [2.75, 3.05) is 6.26 Å². The highest BCUT2D eigenvalue weighted by atomic mass is 32.2. The lowest BCUT2D eigenvalue weighted by atomic mass is 9.88. The van der Waals surface area contributed by atoms with Gasteiger partial charge < -0.3 is 0 Å². The number of hydrogen-bond acceptors (Lipinski definition) is 2.